The molecule has 0 aliphatic carbocycles. The lowest BCUT2D eigenvalue weighted by Crippen LogP contribution is -2.37. The van der Waals surface area contributed by atoms with E-state index in [2.05, 4.69) is 10.3 Å². The van der Waals surface area contributed by atoms with Crippen molar-refractivity contribution in [2.45, 2.75) is 32.3 Å². The van der Waals surface area contributed by atoms with Gasteiger partial charge in [-0.15, -0.1) is 0 Å². The Hall–Kier alpha value is -2.94. The molecule has 7 nitrogen and oxygen atoms in total. The second-order valence-corrected chi connectivity index (χ2v) is 8.79. The molecule has 0 aliphatic rings. The quantitative estimate of drug-likeness (QED) is 0.271. The summed E-state index contributed by atoms with van der Waals surface area (Å²) in [5.41, 5.74) is 1.28. The third kappa shape index (κ3) is 7.78. The first-order chi connectivity index (χ1) is 16.9. The first-order valence-electron chi connectivity index (χ1n) is 11.0. The van der Waals surface area contributed by atoms with Gasteiger partial charge in [0.15, 0.2) is 0 Å². The summed E-state index contributed by atoms with van der Waals surface area (Å²) in [6.07, 6.45) is 4.63. The molecule has 0 saturated carbocycles. The Labute approximate surface area is 219 Å². The van der Waals surface area contributed by atoms with Gasteiger partial charge in [-0.3, -0.25) is 14.2 Å². The second kappa shape index (κ2) is 13.2. The number of para-hydroxylation sites is 1. The maximum absolute atomic E-state index is 13.0. The van der Waals surface area contributed by atoms with Crippen LogP contribution < -0.4 is 5.32 Å². The number of benzene rings is 2. The number of imidazole rings is 1. The number of carbonyl (C=O) groups excluding carboxylic acids is 2. The smallest absolute Gasteiger partial charge is 0.312 e. The first-order valence-corrected chi connectivity index (χ1v) is 12.2. The topological polar surface area (TPSA) is 82.5 Å². The van der Waals surface area contributed by atoms with Crippen LogP contribution in [0.3, 0.4) is 0 Å². The predicted molar refractivity (Wildman–Crippen MR) is 140 cm³/mol. The summed E-state index contributed by atoms with van der Waals surface area (Å²) in [5.74, 6) is -1.57. The Morgan fingerprint density at radius 3 is 2.46 bits per heavy atom. The number of ether oxygens (including phenoxy) is 2. The molecule has 1 amide bonds. The number of amides is 1. The number of esters is 1. The van der Waals surface area contributed by atoms with Gasteiger partial charge in [-0.25, -0.2) is 4.98 Å². The molecule has 1 heterocycles. The zero-order valence-electron chi connectivity index (χ0n) is 19.0. The second-order valence-electron chi connectivity index (χ2n) is 7.62. The van der Waals surface area contributed by atoms with E-state index in [0.717, 1.165) is 5.56 Å². The van der Waals surface area contributed by atoms with Crippen LogP contribution in [0.4, 0.5) is 5.69 Å². The average molecular weight is 534 g/mol. The monoisotopic (exact) mass is 533 g/mol. The SMILES string of the molecule is CCOC(=O)C(CCC(=O)Nc1c(Cl)cccc1Cl)C(Cc1ccccc1)OC(=S)n1ccnc1. The lowest BCUT2D eigenvalue weighted by atomic mass is 9.91. The number of nitrogens with zero attached hydrogens (tertiary/aromatic N) is 2. The van der Waals surface area contributed by atoms with Crippen LogP contribution in [0.15, 0.2) is 67.3 Å². The van der Waals surface area contributed by atoms with Crippen molar-refractivity contribution in [2.75, 3.05) is 11.9 Å². The van der Waals surface area contributed by atoms with Crippen molar-refractivity contribution in [1.29, 1.82) is 0 Å². The molecular weight excluding hydrogens is 509 g/mol. The van der Waals surface area contributed by atoms with Gasteiger partial charge < -0.3 is 14.8 Å². The number of hydrogen-bond acceptors (Lipinski definition) is 6. The zero-order valence-corrected chi connectivity index (χ0v) is 21.4. The van der Waals surface area contributed by atoms with Gasteiger partial charge in [0.05, 0.1) is 28.3 Å². The van der Waals surface area contributed by atoms with E-state index in [0.29, 0.717) is 22.2 Å². The summed E-state index contributed by atoms with van der Waals surface area (Å²) in [4.78, 5) is 29.7. The van der Waals surface area contributed by atoms with Gasteiger partial charge in [0, 0.05) is 25.2 Å². The van der Waals surface area contributed by atoms with Crippen LogP contribution in [0.5, 0.6) is 0 Å². The maximum Gasteiger partial charge on any atom is 0.312 e. The van der Waals surface area contributed by atoms with Crippen molar-refractivity contribution in [1.82, 2.24) is 9.55 Å². The molecule has 0 bridgehead atoms. The normalized spacial score (nSPS) is 12.4. The summed E-state index contributed by atoms with van der Waals surface area (Å²) in [6.45, 7) is 1.92. The highest BCUT2D eigenvalue weighted by atomic mass is 35.5. The van der Waals surface area contributed by atoms with E-state index in [1.165, 1.54) is 6.33 Å². The summed E-state index contributed by atoms with van der Waals surface area (Å²) >= 11 is 17.7. The number of thiocarbonyl (C=S) groups is 1. The van der Waals surface area contributed by atoms with Crippen LogP contribution >= 0.6 is 35.4 Å². The number of hydrogen-bond donors (Lipinski definition) is 1. The van der Waals surface area contributed by atoms with Crippen LogP contribution in [0, 0.1) is 5.92 Å². The standard InChI is InChI=1S/C25H25Cl2N3O4S/c1-2-33-24(32)18(11-12-22(31)29-23-19(26)9-6-10-20(23)27)21(15-17-7-4-3-5-8-17)34-25(35)30-14-13-28-16-30/h3-10,13-14,16,18,21H,2,11-12,15H2,1H3,(H,29,31). The Balaban J connectivity index is 1.79. The molecule has 10 heteroatoms. The van der Waals surface area contributed by atoms with Gasteiger partial charge in [-0.05, 0) is 43.3 Å². The summed E-state index contributed by atoms with van der Waals surface area (Å²) < 4.78 is 13.0. The number of halogens is 2. The van der Waals surface area contributed by atoms with E-state index in [9.17, 15) is 9.59 Å². The van der Waals surface area contributed by atoms with Gasteiger partial charge in [-0.1, -0.05) is 59.6 Å². The summed E-state index contributed by atoms with van der Waals surface area (Å²) in [5, 5.41) is 3.51. The Kier molecular flexibility index (Phi) is 10.1. The van der Waals surface area contributed by atoms with Crippen molar-refractivity contribution in [3.63, 3.8) is 0 Å². The fraction of sp³-hybridized carbons (Fsp3) is 0.280. The van der Waals surface area contributed by atoms with E-state index in [4.69, 9.17) is 44.9 Å². The van der Waals surface area contributed by atoms with Gasteiger partial charge in [0.2, 0.25) is 5.91 Å². The summed E-state index contributed by atoms with van der Waals surface area (Å²) in [6, 6.07) is 14.5. The highest BCUT2D eigenvalue weighted by Gasteiger charge is 2.33. The largest absolute Gasteiger partial charge is 0.466 e. The van der Waals surface area contributed by atoms with Gasteiger partial charge in [-0.2, -0.15) is 0 Å². The molecule has 0 saturated heterocycles. The van der Waals surface area contributed by atoms with Crippen molar-refractivity contribution >= 4 is 58.2 Å². The molecule has 0 spiro atoms. The lowest BCUT2D eigenvalue weighted by molar-refractivity contribution is -0.152. The Morgan fingerprint density at radius 1 is 1.11 bits per heavy atom. The fourth-order valence-electron chi connectivity index (χ4n) is 3.48. The predicted octanol–water partition coefficient (Wildman–Crippen LogP) is 5.55. The number of rotatable bonds is 10. The van der Waals surface area contributed by atoms with Crippen LogP contribution in [0.25, 0.3) is 0 Å². The molecular formula is C25H25Cl2N3O4S. The molecule has 3 rings (SSSR count). The van der Waals surface area contributed by atoms with Crippen molar-refractivity contribution in [3.05, 3.63) is 82.9 Å². The molecule has 1 aromatic heterocycles. The van der Waals surface area contributed by atoms with Crippen molar-refractivity contribution < 1.29 is 19.1 Å². The Bertz CT molecular complexity index is 1120. The van der Waals surface area contributed by atoms with Crippen molar-refractivity contribution in [2.24, 2.45) is 5.92 Å². The minimum atomic E-state index is -0.760. The van der Waals surface area contributed by atoms with Crippen LogP contribution in [-0.4, -0.2) is 39.3 Å². The first kappa shape index (κ1) is 26.7. The van der Waals surface area contributed by atoms with Crippen LogP contribution in [0.2, 0.25) is 10.0 Å². The van der Waals surface area contributed by atoms with Gasteiger partial charge in [0.25, 0.3) is 5.17 Å². The van der Waals surface area contributed by atoms with Crippen LogP contribution in [0.1, 0.15) is 25.3 Å². The minimum absolute atomic E-state index is 0.0114. The minimum Gasteiger partial charge on any atom is -0.466 e. The number of nitrogens with one attached hydrogen (secondary N) is 1. The van der Waals surface area contributed by atoms with Crippen molar-refractivity contribution in [3.8, 4) is 0 Å². The van der Waals surface area contributed by atoms with E-state index < -0.39 is 18.0 Å². The fourth-order valence-corrected chi connectivity index (χ4v) is 4.20. The van der Waals surface area contributed by atoms with Gasteiger partial charge >= 0.3 is 5.97 Å². The molecule has 0 fully saturated rings. The number of anilines is 1. The van der Waals surface area contributed by atoms with E-state index in [-0.39, 0.29) is 30.5 Å². The Morgan fingerprint density at radius 2 is 1.83 bits per heavy atom. The highest BCUT2D eigenvalue weighted by molar-refractivity contribution is 7.80. The summed E-state index contributed by atoms with van der Waals surface area (Å²) in [7, 11) is 0. The number of aromatic nitrogens is 2. The molecule has 2 atom stereocenters. The lowest BCUT2D eigenvalue weighted by Gasteiger charge is -2.27. The molecule has 0 aliphatic heterocycles. The maximum atomic E-state index is 13.0. The van der Waals surface area contributed by atoms with E-state index >= 15 is 0 Å². The third-order valence-electron chi connectivity index (χ3n) is 5.19. The van der Waals surface area contributed by atoms with Gasteiger partial charge in [0.1, 0.15) is 12.4 Å². The molecule has 35 heavy (non-hydrogen) atoms. The molecule has 184 valence electrons. The molecule has 0 radical (unpaired) electrons. The van der Waals surface area contributed by atoms with E-state index in [1.807, 2.05) is 30.3 Å². The molecule has 2 aromatic carbocycles. The zero-order chi connectivity index (χ0) is 25.2. The molecule has 2 unspecified atom stereocenters. The van der Waals surface area contributed by atoms with E-state index in [1.54, 1.807) is 42.1 Å². The van der Waals surface area contributed by atoms with Crippen LogP contribution in [-0.2, 0) is 25.5 Å². The highest BCUT2D eigenvalue weighted by Crippen LogP contribution is 2.30. The molecule has 3 aromatic rings. The third-order valence-corrected chi connectivity index (χ3v) is 6.13. The molecule has 1 N–H and O–H groups in total. The average Bonchev–Trinajstić information content (AvgIpc) is 3.38. The number of carbonyl (C=O) groups is 2.